The van der Waals surface area contributed by atoms with Crippen LogP contribution in [0.25, 0.3) is 17.2 Å². The van der Waals surface area contributed by atoms with Crippen LogP contribution in [0.3, 0.4) is 0 Å². The standard InChI is InChI=1S/C11H9ClN6O/c1-5-6(2)10-15-16-11(18(10)17-9(5)12)7-3-4-8(19)14-13-7/h3-4H,1-2H3,(H,14,19). The molecule has 3 rings (SSSR count). The molecule has 0 amide bonds. The number of aromatic amines is 1. The summed E-state index contributed by atoms with van der Waals surface area (Å²) in [5.41, 5.74) is 2.57. The summed E-state index contributed by atoms with van der Waals surface area (Å²) in [5, 5.41) is 19.0. The van der Waals surface area contributed by atoms with Gasteiger partial charge < -0.3 is 0 Å². The molecule has 1 N–H and O–H groups in total. The third-order valence-corrected chi connectivity index (χ3v) is 3.30. The molecule has 0 aliphatic rings. The lowest BCUT2D eigenvalue weighted by molar-refractivity contribution is 0.898. The minimum Gasteiger partial charge on any atom is -0.268 e. The average Bonchev–Trinajstić information content (AvgIpc) is 2.81. The first-order valence-corrected chi connectivity index (χ1v) is 5.90. The van der Waals surface area contributed by atoms with Gasteiger partial charge in [0, 0.05) is 11.6 Å². The average molecular weight is 277 g/mol. The molecule has 3 aromatic rings. The van der Waals surface area contributed by atoms with E-state index in [2.05, 4.69) is 25.5 Å². The van der Waals surface area contributed by atoms with Gasteiger partial charge in [-0.1, -0.05) is 11.6 Å². The van der Waals surface area contributed by atoms with E-state index in [1.165, 1.54) is 10.6 Å². The maximum atomic E-state index is 11.0. The van der Waals surface area contributed by atoms with Gasteiger partial charge in [0.05, 0.1) is 0 Å². The van der Waals surface area contributed by atoms with Crippen LogP contribution in [0.15, 0.2) is 16.9 Å². The molecule has 0 aliphatic carbocycles. The molecule has 7 nitrogen and oxygen atoms in total. The Morgan fingerprint density at radius 3 is 2.68 bits per heavy atom. The van der Waals surface area contributed by atoms with Gasteiger partial charge in [0.25, 0.3) is 5.56 Å². The topological polar surface area (TPSA) is 88.8 Å². The van der Waals surface area contributed by atoms with E-state index in [0.717, 1.165) is 11.1 Å². The molecule has 8 heteroatoms. The highest BCUT2D eigenvalue weighted by molar-refractivity contribution is 6.30. The molecule has 0 bridgehead atoms. The highest BCUT2D eigenvalue weighted by Gasteiger charge is 2.15. The van der Waals surface area contributed by atoms with E-state index < -0.39 is 0 Å². The molecule has 0 atom stereocenters. The molecule has 0 radical (unpaired) electrons. The van der Waals surface area contributed by atoms with Crippen molar-refractivity contribution in [3.8, 4) is 11.5 Å². The molecular weight excluding hydrogens is 268 g/mol. The van der Waals surface area contributed by atoms with Crippen LogP contribution in [0.1, 0.15) is 11.1 Å². The van der Waals surface area contributed by atoms with Gasteiger partial charge in [-0.3, -0.25) is 4.79 Å². The van der Waals surface area contributed by atoms with E-state index in [0.29, 0.717) is 22.3 Å². The second kappa shape index (κ2) is 4.13. The van der Waals surface area contributed by atoms with Crippen molar-refractivity contribution in [3.63, 3.8) is 0 Å². The van der Waals surface area contributed by atoms with Gasteiger partial charge in [0.1, 0.15) is 5.69 Å². The molecule has 0 spiro atoms. The van der Waals surface area contributed by atoms with Gasteiger partial charge in [0.2, 0.25) is 5.82 Å². The Morgan fingerprint density at radius 2 is 2.00 bits per heavy atom. The fraction of sp³-hybridized carbons (Fsp3) is 0.182. The zero-order valence-electron chi connectivity index (χ0n) is 10.2. The second-order valence-corrected chi connectivity index (χ2v) is 4.46. The molecule has 0 aromatic carbocycles. The summed E-state index contributed by atoms with van der Waals surface area (Å²) in [5.74, 6) is 0.427. The molecule has 0 saturated carbocycles. The van der Waals surface area contributed by atoms with Crippen molar-refractivity contribution in [2.24, 2.45) is 0 Å². The Labute approximate surface area is 112 Å². The highest BCUT2D eigenvalue weighted by atomic mass is 35.5. The van der Waals surface area contributed by atoms with Crippen molar-refractivity contribution in [1.82, 2.24) is 30.0 Å². The Morgan fingerprint density at radius 1 is 1.21 bits per heavy atom. The quantitative estimate of drug-likeness (QED) is 0.720. The number of halogens is 1. The summed E-state index contributed by atoms with van der Waals surface area (Å²) in [4.78, 5) is 11.0. The van der Waals surface area contributed by atoms with E-state index in [1.54, 1.807) is 6.07 Å². The number of fused-ring (bicyclic) bond motifs is 1. The SMILES string of the molecule is Cc1c(Cl)nn2c(-c3ccc(=O)[nH]n3)nnc2c1C. The summed E-state index contributed by atoms with van der Waals surface area (Å²) in [6, 6.07) is 2.92. The third kappa shape index (κ3) is 1.78. The van der Waals surface area contributed by atoms with Crippen LogP contribution in [0.5, 0.6) is 0 Å². The first kappa shape index (κ1) is 11.8. The van der Waals surface area contributed by atoms with Crippen molar-refractivity contribution in [1.29, 1.82) is 0 Å². The number of nitrogens with zero attached hydrogens (tertiary/aromatic N) is 5. The number of rotatable bonds is 1. The highest BCUT2D eigenvalue weighted by Crippen LogP contribution is 2.22. The van der Waals surface area contributed by atoms with Crippen LogP contribution in [0.2, 0.25) is 5.15 Å². The predicted molar refractivity (Wildman–Crippen MR) is 69.1 cm³/mol. The van der Waals surface area contributed by atoms with Crippen LogP contribution in [-0.4, -0.2) is 30.0 Å². The van der Waals surface area contributed by atoms with Gasteiger partial charge in [-0.2, -0.15) is 14.7 Å². The minimum absolute atomic E-state index is 0.282. The van der Waals surface area contributed by atoms with Crippen molar-refractivity contribution >= 4 is 17.2 Å². The molecule has 0 fully saturated rings. The van der Waals surface area contributed by atoms with Gasteiger partial charge >= 0.3 is 0 Å². The monoisotopic (exact) mass is 276 g/mol. The Bertz CT molecular complexity index is 817. The van der Waals surface area contributed by atoms with Crippen molar-refractivity contribution < 1.29 is 0 Å². The lowest BCUT2D eigenvalue weighted by Crippen LogP contribution is -2.07. The van der Waals surface area contributed by atoms with Crippen molar-refractivity contribution in [2.75, 3.05) is 0 Å². The van der Waals surface area contributed by atoms with Crippen LogP contribution in [0, 0.1) is 13.8 Å². The second-order valence-electron chi connectivity index (χ2n) is 4.11. The number of hydrogen-bond donors (Lipinski definition) is 1. The van der Waals surface area contributed by atoms with E-state index in [1.807, 2.05) is 13.8 Å². The van der Waals surface area contributed by atoms with E-state index in [-0.39, 0.29) is 5.56 Å². The van der Waals surface area contributed by atoms with Crippen LogP contribution in [-0.2, 0) is 0 Å². The number of nitrogens with one attached hydrogen (secondary N) is 1. The molecule has 0 saturated heterocycles. The number of aryl methyl sites for hydroxylation is 1. The van der Waals surface area contributed by atoms with Gasteiger partial charge in [-0.15, -0.1) is 10.2 Å². The Hall–Kier alpha value is -2.28. The largest absolute Gasteiger partial charge is 0.268 e. The van der Waals surface area contributed by atoms with E-state index >= 15 is 0 Å². The summed E-state index contributed by atoms with van der Waals surface area (Å²) in [7, 11) is 0. The van der Waals surface area contributed by atoms with Crippen LogP contribution in [0.4, 0.5) is 0 Å². The van der Waals surface area contributed by atoms with Crippen LogP contribution < -0.4 is 5.56 Å². The maximum Gasteiger partial charge on any atom is 0.264 e. The summed E-state index contributed by atoms with van der Waals surface area (Å²) in [6.07, 6.45) is 0. The Kier molecular flexibility index (Phi) is 2.56. The first-order chi connectivity index (χ1) is 9.08. The maximum absolute atomic E-state index is 11.0. The fourth-order valence-corrected chi connectivity index (χ4v) is 1.94. The van der Waals surface area contributed by atoms with Gasteiger partial charge in [-0.05, 0) is 25.5 Å². The molecule has 3 aromatic heterocycles. The lowest BCUT2D eigenvalue weighted by atomic mass is 10.2. The molecule has 3 heterocycles. The minimum atomic E-state index is -0.282. The predicted octanol–water partition coefficient (Wildman–Crippen LogP) is 1.14. The van der Waals surface area contributed by atoms with Crippen molar-refractivity contribution in [2.45, 2.75) is 13.8 Å². The van der Waals surface area contributed by atoms with Gasteiger partial charge in [-0.25, -0.2) is 5.10 Å². The Balaban J connectivity index is 2.32. The third-order valence-electron chi connectivity index (χ3n) is 2.94. The number of aromatic nitrogens is 6. The molecular formula is C11H9ClN6O. The summed E-state index contributed by atoms with van der Waals surface area (Å²) in [6.45, 7) is 3.77. The van der Waals surface area contributed by atoms with E-state index in [9.17, 15) is 4.79 Å². The lowest BCUT2D eigenvalue weighted by Gasteiger charge is -2.04. The summed E-state index contributed by atoms with van der Waals surface area (Å²) < 4.78 is 1.52. The van der Waals surface area contributed by atoms with Gasteiger partial charge in [0.15, 0.2) is 10.8 Å². The smallest absolute Gasteiger partial charge is 0.264 e. The molecule has 0 aliphatic heterocycles. The first-order valence-electron chi connectivity index (χ1n) is 5.52. The fourth-order valence-electron chi connectivity index (χ4n) is 1.72. The van der Waals surface area contributed by atoms with Crippen LogP contribution >= 0.6 is 11.6 Å². The molecule has 96 valence electrons. The number of H-pyrrole nitrogens is 1. The normalized spacial score (nSPS) is 11.1. The zero-order valence-corrected chi connectivity index (χ0v) is 10.9. The molecule has 19 heavy (non-hydrogen) atoms. The zero-order chi connectivity index (χ0) is 13.6. The number of hydrogen-bond acceptors (Lipinski definition) is 5. The van der Waals surface area contributed by atoms with E-state index in [4.69, 9.17) is 11.6 Å². The summed E-state index contributed by atoms with van der Waals surface area (Å²) >= 11 is 6.07. The van der Waals surface area contributed by atoms with Crippen molar-refractivity contribution in [3.05, 3.63) is 38.8 Å². The molecule has 0 unspecified atom stereocenters.